The Morgan fingerprint density at radius 1 is 1.29 bits per heavy atom. The molecule has 1 aromatic rings. The first kappa shape index (κ1) is 14.2. The molecule has 2 bridgehead atoms. The molecule has 114 valence electrons. The number of amides is 1. The summed E-state index contributed by atoms with van der Waals surface area (Å²) in [6.07, 6.45) is 0.542. The third kappa shape index (κ3) is 2.16. The van der Waals surface area contributed by atoms with Gasteiger partial charge in [0.2, 0.25) is 0 Å². The van der Waals surface area contributed by atoms with Gasteiger partial charge in [-0.3, -0.25) is 4.79 Å². The van der Waals surface area contributed by atoms with Crippen LogP contribution in [-0.4, -0.2) is 57.0 Å². The van der Waals surface area contributed by atoms with E-state index in [-0.39, 0.29) is 24.2 Å². The zero-order chi connectivity index (χ0) is 15.2. The topological polar surface area (TPSA) is 72.9 Å². The van der Waals surface area contributed by atoms with Crippen molar-refractivity contribution in [1.82, 2.24) is 4.90 Å². The van der Waals surface area contributed by atoms with Gasteiger partial charge in [0.15, 0.2) is 21.3 Å². The molecule has 2 aliphatic rings. The van der Waals surface area contributed by atoms with Crippen LogP contribution in [0, 0.1) is 0 Å². The third-order valence-electron chi connectivity index (χ3n) is 4.20. The molecule has 1 aromatic carbocycles. The Morgan fingerprint density at radius 3 is 2.57 bits per heavy atom. The lowest BCUT2D eigenvalue weighted by molar-refractivity contribution is 0.0742. The monoisotopic (exact) mass is 311 g/mol. The van der Waals surface area contributed by atoms with Gasteiger partial charge in [0.25, 0.3) is 5.91 Å². The Labute approximate surface area is 123 Å². The molecule has 2 saturated heterocycles. The van der Waals surface area contributed by atoms with Crippen LogP contribution in [0.5, 0.6) is 11.5 Å². The van der Waals surface area contributed by atoms with Crippen LogP contribution >= 0.6 is 0 Å². The normalized spacial score (nSPS) is 25.9. The van der Waals surface area contributed by atoms with Gasteiger partial charge in [0.1, 0.15) is 0 Å². The van der Waals surface area contributed by atoms with Crippen molar-refractivity contribution in [2.45, 2.75) is 17.7 Å². The van der Waals surface area contributed by atoms with Crippen molar-refractivity contribution >= 4 is 15.7 Å². The molecule has 3 rings (SSSR count). The number of carbonyl (C=O) groups is 1. The van der Waals surface area contributed by atoms with Crippen LogP contribution in [0.15, 0.2) is 18.2 Å². The first-order chi connectivity index (χ1) is 9.97. The summed E-state index contributed by atoms with van der Waals surface area (Å²) in [7, 11) is -0.0226. The summed E-state index contributed by atoms with van der Waals surface area (Å²) < 4.78 is 34.0. The SMILES string of the molecule is COc1cccc(C(=O)N2CC3CC2CS3(=O)=O)c1OC. The predicted octanol–water partition coefficient (Wildman–Crippen LogP) is 0.715. The average molecular weight is 311 g/mol. The van der Waals surface area contributed by atoms with Crippen molar-refractivity contribution in [2.24, 2.45) is 0 Å². The van der Waals surface area contributed by atoms with E-state index in [4.69, 9.17) is 9.47 Å². The van der Waals surface area contributed by atoms with Gasteiger partial charge in [0.05, 0.1) is 30.8 Å². The molecular formula is C14H17NO5S. The molecule has 2 aliphatic heterocycles. The van der Waals surface area contributed by atoms with Crippen LogP contribution in [-0.2, 0) is 9.84 Å². The molecule has 6 nitrogen and oxygen atoms in total. The van der Waals surface area contributed by atoms with Crippen molar-refractivity contribution in [1.29, 1.82) is 0 Å². The van der Waals surface area contributed by atoms with E-state index in [1.807, 2.05) is 0 Å². The number of nitrogens with zero attached hydrogens (tertiary/aromatic N) is 1. The number of ether oxygens (including phenoxy) is 2. The summed E-state index contributed by atoms with van der Waals surface area (Å²) in [6.45, 7) is 0.270. The maximum absolute atomic E-state index is 12.7. The summed E-state index contributed by atoms with van der Waals surface area (Å²) >= 11 is 0. The summed E-state index contributed by atoms with van der Waals surface area (Å²) in [5, 5.41) is -0.414. The molecule has 2 heterocycles. The van der Waals surface area contributed by atoms with E-state index in [0.717, 1.165) is 0 Å². The van der Waals surface area contributed by atoms with Gasteiger partial charge < -0.3 is 14.4 Å². The zero-order valence-corrected chi connectivity index (χ0v) is 12.7. The molecule has 21 heavy (non-hydrogen) atoms. The van der Waals surface area contributed by atoms with E-state index >= 15 is 0 Å². The van der Waals surface area contributed by atoms with Crippen LogP contribution in [0.25, 0.3) is 0 Å². The second-order valence-corrected chi connectivity index (χ2v) is 7.67. The first-order valence-corrected chi connectivity index (χ1v) is 8.43. The Bertz CT molecular complexity index is 685. The maximum Gasteiger partial charge on any atom is 0.258 e. The number of para-hydroxylation sites is 1. The van der Waals surface area contributed by atoms with E-state index in [9.17, 15) is 13.2 Å². The number of carbonyl (C=O) groups excluding carboxylic acids is 1. The molecule has 0 N–H and O–H groups in total. The Morgan fingerprint density at radius 2 is 2.05 bits per heavy atom. The minimum Gasteiger partial charge on any atom is -0.493 e. The summed E-state index contributed by atoms with van der Waals surface area (Å²) in [4.78, 5) is 14.3. The van der Waals surface area contributed by atoms with Crippen LogP contribution < -0.4 is 9.47 Å². The van der Waals surface area contributed by atoms with E-state index in [1.165, 1.54) is 14.2 Å². The number of likely N-dealkylation sites (tertiary alicyclic amines) is 1. The van der Waals surface area contributed by atoms with Crippen molar-refractivity contribution in [3.8, 4) is 11.5 Å². The lowest BCUT2D eigenvalue weighted by atomic mass is 10.1. The second-order valence-electron chi connectivity index (χ2n) is 5.34. The number of methoxy groups -OCH3 is 2. The van der Waals surface area contributed by atoms with Crippen LogP contribution in [0.2, 0.25) is 0 Å². The lowest BCUT2D eigenvalue weighted by Crippen LogP contribution is -2.44. The average Bonchev–Trinajstić information content (AvgIpc) is 3.01. The highest BCUT2D eigenvalue weighted by atomic mass is 32.2. The number of benzene rings is 1. The molecule has 2 fully saturated rings. The van der Waals surface area contributed by atoms with Crippen molar-refractivity contribution < 1.29 is 22.7 Å². The number of hydrogen-bond donors (Lipinski definition) is 0. The zero-order valence-electron chi connectivity index (χ0n) is 11.9. The molecule has 7 heteroatoms. The highest BCUT2D eigenvalue weighted by Crippen LogP contribution is 2.37. The highest BCUT2D eigenvalue weighted by Gasteiger charge is 2.50. The molecular weight excluding hydrogens is 294 g/mol. The fraction of sp³-hybridized carbons (Fsp3) is 0.500. The van der Waals surface area contributed by atoms with Crippen molar-refractivity contribution in [3.63, 3.8) is 0 Å². The summed E-state index contributed by atoms with van der Waals surface area (Å²) in [5.74, 6) is 0.736. The number of fused-ring (bicyclic) bond motifs is 2. The van der Waals surface area contributed by atoms with Crippen LogP contribution in [0.3, 0.4) is 0 Å². The number of sulfone groups is 1. The largest absolute Gasteiger partial charge is 0.493 e. The Hall–Kier alpha value is -1.76. The highest BCUT2D eigenvalue weighted by molar-refractivity contribution is 7.92. The van der Waals surface area contributed by atoms with Gasteiger partial charge in [-0.2, -0.15) is 0 Å². The standard InChI is InChI=1S/C14H17NO5S/c1-19-12-5-3-4-11(13(12)20-2)14(16)15-7-10-6-9(15)8-21(10,17)18/h3-5,9-10H,6-8H2,1-2H3. The molecule has 0 aliphatic carbocycles. The fourth-order valence-electron chi connectivity index (χ4n) is 3.16. The smallest absolute Gasteiger partial charge is 0.258 e. The molecule has 0 aromatic heterocycles. The summed E-state index contributed by atoms with van der Waals surface area (Å²) in [6, 6.07) is 4.89. The molecule has 0 radical (unpaired) electrons. The van der Waals surface area contributed by atoms with Gasteiger partial charge in [-0.05, 0) is 18.6 Å². The van der Waals surface area contributed by atoms with Crippen molar-refractivity contribution in [2.75, 3.05) is 26.5 Å². The maximum atomic E-state index is 12.7. The van der Waals surface area contributed by atoms with Gasteiger partial charge in [0, 0.05) is 12.6 Å². The first-order valence-electron chi connectivity index (χ1n) is 6.71. The minimum atomic E-state index is -3.01. The minimum absolute atomic E-state index is 0.0652. The summed E-state index contributed by atoms with van der Waals surface area (Å²) in [5.41, 5.74) is 0.404. The Kier molecular flexibility index (Phi) is 3.32. The van der Waals surface area contributed by atoms with Crippen LogP contribution in [0.4, 0.5) is 0 Å². The third-order valence-corrected chi connectivity index (χ3v) is 6.41. The van der Waals surface area contributed by atoms with Crippen molar-refractivity contribution in [3.05, 3.63) is 23.8 Å². The number of rotatable bonds is 3. The number of hydrogen-bond acceptors (Lipinski definition) is 5. The second kappa shape index (κ2) is 4.91. The van der Waals surface area contributed by atoms with Gasteiger partial charge in [-0.15, -0.1) is 0 Å². The predicted molar refractivity (Wildman–Crippen MR) is 76.6 cm³/mol. The quantitative estimate of drug-likeness (QED) is 0.822. The fourth-order valence-corrected chi connectivity index (χ4v) is 5.18. The Balaban J connectivity index is 1.91. The molecule has 1 amide bonds. The molecule has 0 saturated carbocycles. The van der Waals surface area contributed by atoms with E-state index in [1.54, 1.807) is 23.1 Å². The van der Waals surface area contributed by atoms with E-state index in [2.05, 4.69) is 0 Å². The molecule has 0 spiro atoms. The molecule has 2 atom stereocenters. The van der Waals surface area contributed by atoms with Gasteiger partial charge in [-0.1, -0.05) is 6.07 Å². The van der Waals surface area contributed by atoms with Gasteiger partial charge >= 0.3 is 0 Å². The van der Waals surface area contributed by atoms with Gasteiger partial charge in [-0.25, -0.2) is 8.42 Å². The van der Waals surface area contributed by atoms with E-state index < -0.39 is 15.1 Å². The van der Waals surface area contributed by atoms with E-state index in [0.29, 0.717) is 23.5 Å². The lowest BCUT2D eigenvalue weighted by Gasteiger charge is -2.27. The molecule has 2 unspecified atom stereocenters. The van der Waals surface area contributed by atoms with Crippen LogP contribution in [0.1, 0.15) is 16.8 Å².